The summed E-state index contributed by atoms with van der Waals surface area (Å²) < 4.78 is 0. The quantitative estimate of drug-likeness (QED) is 0.120. The fourth-order valence-electron chi connectivity index (χ4n) is 10.6. The van der Waals surface area contributed by atoms with Crippen LogP contribution in [0.2, 0.25) is 0 Å². The van der Waals surface area contributed by atoms with Gasteiger partial charge in [0.2, 0.25) is 0 Å². The Morgan fingerprint density at radius 3 is 0.467 bits per heavy atom. The molecule has 0 saturated heterocycles. The molecule has 6 rings (SSSR count). The van der Waals surface area contributed by atoms with Crippen LogP contribution in [-0.4, -0.2) is 54.3 Å². The van der Waals surface area contributed by atoms with Crippen LogP contribution in [0.1, 0.15) is 193 Å². The van der Waals surface area contributed by atoms with Gasteiger partial charge in [0.05, 0.1) is 34.0 Å². The van der Waals surface area contributed by atoms with Crippen molar-refractivity contribution < 1.29 is 31.5 Å². The molecular formula is C39H71FeO3P2+2. The summed E-state index contributed by atoms with van der Waals surface area (Å²) in [5.41, 5.74) is 7.36. The zero-order chi connectivity index (χ0) is 31.8. The molecule has 1 radical (unpaired) electrons. The van der Waals surface area contributed by atoms with Gasteiger partial charge in [-0.25, -0.2) is 0 Å². The van der Waals surface area contributed by atoms with Gasteiger partial charge in [0.25, 0.3) is 0 Å². The molecule has 0 spiro atoms. The van der Waals surface area contributed by atoms with Gasteiger partial charge in [-0.2, -0.15) is 0 Å². The second-order valence-electron chi connectivity index (χ2n) is 15.0. The minimum atomic E-state index is -0.0465. The first-order valence-corrected chi connectivity index (χ1v) is 22.8. The third-order valence-electron chi connectivity index (χ3n) is 12.5. The molecule has 3 nitrogen and oxygen atoms in total. The molecule has 0 bridgehead atoms. The third-order valence-corrected chi connectivity index (χ3v) is 21.6. The molecule has 6 aliphatic rings. The summed E-state index contributed by atoms with van der Waals surface area (Å²) in [4.78, 5) is 23.2. The summed E-state index contributed by atoms with van der Waals surface area (Å²) in [6.45, 7) is 9.75. The van der Waals surface area contributed by atoms with E-state index in [0.29, 0.717) is 0 Å². The molecule has 0 amide bonds. The summed E-state index contributed by atoms with van der Waals surface area (Å²) in [5, 5.41) is 0. The summed E-state index contributed by atoms with van der Waals surface area (Å²) in [6, 6.07) is 0. The standard InChI is InChI=1S/2C18H33P.3CHO.Fe/c2*1-4-10-16(11-5-1)19(17-12-6-2-7-13-17)18-14-8-3-9-15-18;3*1-2;/h2*16-18H,1-15H2;3*1H;/q;;3*-1;+3/p+2. The Balaban J connectivity index is 0.000000379. The van der Waals surface area contributed by atoms with Crippen LogP contribution in [0.4, 0.5) is 0 Å². The molecule has 0 aromatic rings. The zero-order valence-corrected chi connectivity index (χ0v) is 32.1. The molecule has 45 heavy (non-hydrogen) atoms. The van der Waals surface area contributed by atoms with Crippen LogP contribution in [0.25, 0.3) is 0 Å². The van der Waals surface area contributed by atoms with E-state index in [1.807, 2.05) is 0 Å². The van der Waals surface area contributed by atoms with E-state index in [2.05, 4.69) is 20.4 Å². The Morgan fingerprint density at radius 1 is 0.244 bits per heavy atom. The van der Waals surface area contributed by atoms with E-state index in [-0.39, 0.29) is 32.9 Å². The van der Waals surface area contributed by atoms with Crippen LogP contribution >= 0.6 is 15.8 Å². The summed E-state index contributed by atoms with van der Waals surface area (Å²) in [6.07, 6.45) is 47.6. The number of rotatable bonds is 6. The Hall–Kier alpha value is 0.389. The van der Waals surface area contributed by atoms with E-state index in [0.717, 1.165) is 0 Å². The molecule has 0 aromatic heterocycles. The van der Waals surface area contributed by atoms with Crippen molar-refractivity contribution in [1.82, 2.24) is 0 Å². The smallest absolute Gasteiger partial charge is 0.545 e. The molecule has 0 heterocycles. The van der Waals surface area contributed by atoms with Crippen molar-refractivity contribution in [1.29, 1.82) is 0 Å². The van der Waals surface area contributed by atoms with E-state index < -0.39 is 0 Å². The van der Waals surface area contributed by atoms with Crippen LogP contribution in [0.5, 0.6) is 0 Å². The van der Waals surface area contributed by atoms with Gasteiger partial charge in [-0.3, -0.25) is 20.4 Å². The zero-order valence-electron chi connectivity index (χ0n) is 29.0. The Bertz CT molecular complexity index is 519. The van der Waals surface area contributed by atoms with Gasteiger partial charge < -0.3 is 14.4 Å². The molecule has 0 N–H and O–H groups in total. The molecule has 6 heteroatoms. The minimum absolute atomic E-state index is 0. The SMILES string of the molecule is C1CCC([PH+](C2CCCCC2)C2CCCCC2)CC1.C1CCC([PH+](C2CCCCC2)C2CCCCC2)CC1.[CH-]=O.[CH-]=O.[CH-]=O.[Fe+3]. The van der Waals surface area contributed by atoms with Crippen molar-refractivity contribution in [3.05, 3.63) is 0 Å². The van der Waals surface area contributed by atoms with Gasteiger partial charge in [-0.15, -0.1) is 0 Å². The van der Waals surface area contributed by atoms with E-state index in [1.165, 1.54) is 34.0 Å². The van der Waals surface area contributed by atoms with Gasteiger partial charge in [0, 0.05) is 15.8 Å². The number of hydrogen-bond donors (Lipinski definition) is 0. The monoisotopic (exact) mass is 705 g/mol. The normalized spacial score (nSPS) is 24.7. The predicted octanol–water partition coefficient (Wildman–Crippen LogP) is 11.6. The minimum Gasteiger partial charge on any atom is -0.545 e. The van der Waals surface area contributed by atoms with Crippen molar-refractivity contribution in [3.8, 4) is 0 Å². The van der Waals surface area contributed by atoms with Gasteiger partial charge >= 0.3 is 17.1 Å². The largest absolute Gasteiger partial charge is 3.00 e. The molecule has 0 atom stereocenters. The molecule has 6 aliphatic carbocycles. The first-order valence-electron chi connectivity index (χ1n) is 19.3. The molecule has 0 aromatic carbocycles. The van der Waals surface area contributed by atoms with Crippen LogP contribution < -0.4 is 0 Å². The van der Waals surface area contributed by atoms with E-state index in [4.69, 9.17) is 14.4 Å². The first-order chi connectivity index (χ1) is 21.9. The van der Waals surface area contributed by atoms with E-state index in [9.17, 15) is 0 Å². The molecule has 261 valence electrons. The second-order valence-corrected chi connectivity index (χ2v) is 21.9. The summed E-state index contributed by atoms with van der Waals surface area (Å²) in [7, 11) is -0.0930. The molecule has 6 fully saturated rings. The Morgan fingerprint density at radius 2 is 0.356 bits per heavy atom. The summed E-state index contributed by atoms with van der Waals surface area (Å²) >= 11 is 0. The molecule has 0 aliphatic heterocycles. The van der Waals surface area contributed by atoms with Gasteiger partial charge in [-0.05, 0) is 154 Å². The maximum atomic E-state index is 7.75. The van der Waals surface area contributed by atoms with Gasteiger partial charge in [0.15, 0.2) is 0 Å². The third kappa shape index (κ3) is 15.2. The van der Waals surface area contributed by atoms with Crippen LogP contribution in [0, 0.1) is 0 Å². The van der Waals surface area contributed by atoms with Crippen LogP contribution in [0.15, 0.2) is 0 Å². The predicted molar refractivity (Wildman–Crippen MR) is 198 cm³/mol. The van der Waals surface area contributed by atoms with E-state index >= 15 is 0 Å². The topological polar surface area (TPSA) is 51.2 Å². The number of hydrogen-bond acceptors (Lipinski definition) is 3. The second kappa shape index (κ2) is 28.3. The van der Waals surface area contributed by atoms with Crippen molar-refractivity contribution in [2.24, 2.45) is 0 Å². The van der Waals surface area contributed by atoms with Gasteiger partial charge in [-0.1, -0.05) is 38.5 Å². The number of carbonyl (C=O) groups excluding carboxylic acids is 3. The Kier molecular flexibility index (Phi) is 27.3. The molecular weight excluding hydrogens is 634 g/mol. The van der Waals surface area contributed by atoms with Crippen molar-refractivity contribution >= 4 is 36.2 Å². The van der Waals surface area contributed by atoms with Crippen molar-refractivity contribution in [3.63, 3.8) is 0 Å². The fraction of sp³-hybridized carbons (Fsp3) is 0.923. The first kappa shape index (κ1) is 43.4. The van der Waals surface area contributed by atoms with Gasteiger partial charge in [0.1, 0.15) is 0 Å². The Labute approximate surface area is 293 Å². The molecule has 6 saturated carbocycles. The average molecular weight is 706 g/mol. The molecule has 0 unspecified atom stereocenters. The van der Waals surface area contributed by atoms with Crippen LogP contribution in [0.3, 0.4) is 0 Å². The van der Waals surface area contributed by atoms with Crippen molar-refractivity contribution in [2.75, 3.05) is 0 Å². The van der Waals surface area contributed by atoms with Crippen molar-refractivity contribution in [2.45, 2.75) is 227 Å². The maximum absolute atomic E-state index is 7.75. The van der Waals surface area contributed by atoms with Crippen LogP contribution in [-0.2, 0) is 31.5 Å². The van der Waals surface area contributed by atoms with E-state index in [1.54, 1.807) is 193 Å². The fourth-order valence-corrected chi connectivity index (χ4v) is 21.1. The maximum Gasteiger partial charge on any atom is 3.00 e. The summed E-state index contributed by atoms with van der Waals surface area (Å²) in [5.74, 6) is 0. The average Bonchev–Trinajstić information content (AvgIpc) is 3.14.